The first-order valence-corrected chi connectivity index (χ1v) is 5.13. The Balaban J connectivity index is 2.02. The molecule has 2 rings (SSSR count). The molecule has 2 unspecified atom stereocenters. The second-order valence-electron chi connectivity index (χ2n) is 4.06. The third kappa shape index (κ3) is 1.20. The van der Waals surface area contributed by atoms with E-state index in [0.717, 1.165) is 24.4 Å². The van der Waals surface area contributed by atoms with Crippen molar-refractivity contribution in [1.29, 1.82) is 0 Å². The van der Waals surface area contributed by atoms with Gasteiger partial charge in [-0.2, -0.15) is 0 Å². The molecule has 0 amide bonds. The van der Waals surface area contributed by atoms with Crippen LogP contribution in [0.2, 0.25) is 0 Å². The molecule has 0 aliphatic heterocycles. The summed E-state index contributed by atoms with van der Waals surface area (Å²) in [6.07, 6.45) is 7.92. The highest BCUT2D eigenvalue weighted by atomic mass is 16.5. The van der Waals surface area contributed by atoms with E-state index in [1.165, 1.54) is 12.8 Å². The standard InChI is InChI=1S/C11H18O/c1-3-12-10-7-6-9-5-4-8(2)11(9)10/h4-5,8-11H,3,6-7H2,1-2H3/t8-,9+,10?,11?/m0/s1. The van der Waals surface area contributed by atoms with E-state index >= 15 is 0 Å². The van der Waals surface area contributed by atoms with Crippen molar-refractivity contribution in [3.63, 3.8) is 0 Å². The fourth-order valence-electron chi connectivity index (χ4n) is 2.83. The molecule has 0 aromatic rings. The zero-order valence-corrected chi connectivity index (χ0v) is 7.99. The highest BCUT2D eigenvalue weighted by molar-refractivity contribution is 5.10. The highest BCUT2D eigenvalue weighted by Gasteiger charge is 2.40. The van der Waals surface area contributed by atoms with Crippen molar-refractivity contribution in [1.82, 2.24) is 0 Å². The summed E-state index contributed by atoms with van der Waals surface area (Å²) < 4.78 is 5.75. The largest absolute Gasteiger partial charge is 0.378 e. The number of allylic oxidation sites excluding steroid dienone is 2. The minimum absolute atomic E-state index is 0.546. The summed E-state index contributed by atoms with van der Waals surface area (Å²) >= 11 is 0. The first-order valence-electron chi connectivity index (χ1n) is 5.13. The van der Waals surface area contributed by atoms with Gasteiger partial charge in [0.05, 0.1) is 6.10 Å². The third-order valence-corrected chi connectivity index (χ3v) is 3.36. The number of hydrogen-bond donors (Lipinski definition) is 0. The van der Waals surface area contributed by atoms with Crippen molar-refractivity contribution >= 4 is 0 Å². The van der Waals surface area contributed by atoms with Crippen LogP contribution in [0, 0.1) is 17.8 Å². The van der Waals surface area contributed by atoms with Crippen molar-refractivity contribution in [2.75, 3.05) is 6.61 Å². The van der Waals surface area contributed by atoms with Gasteiger partial charge in [0.25, 0.3) is 0 Å². The molecular formula is C11H18O. The molecule has 0 saturated heterocycles. The van der Waals surface area contributed by atoms with Crippen LogP contribution in [0.5, 0.6) is 0 Å². The first kappa shape index (κ1) is 8.31. The minimum Gasteiger partial charge on any atom is -0.378 e. The van der Waals surface area contributed by atoms with E-state index in [4.69, 9.17) is 4.74 Å². The van der Waals surface area contributed by atoms with Crippen LogP contribution in [0.15, 0.2) is 12.2 Å². The zero-order chi connectivity index (χ0) is 8.55. The van der Waals surface area contributed by atoms with Gasteiger partial charge in [-0.15, -0.1) is 0 Å². The van der Waals surface area contributed by atoms with E-state index in [-0.39, 0.29) is 0 Å². The summed E-state index contributed by atoms with van der Waals surface area (Å²) in [6, 6.07) is 0. The van der Waals surface area contributed by atoms with E-state index in [2.05, 4.69) is 26.0 Å². The maximum Gasteiger partial charge on any atom is 0.0614 e. The van der Waals surface area contributed by atoms with Crippen LogP contribution in [0.4, 0.5) is 0 Å². The summed E-state index contributed by atoms with van der Waals surface area (Å²) in [6.45, 7) is 5.29. The monoisotopic (exact) mass is 166 g/mol. The second-order valence-corrected chi connectivity index (χ2v) is 4.06. The van der Waals surface area contributed by atoms with Crippen LogP contribution < -0.4 is 0 Å². The SMILES string of the molecule is CCOC1CC[C@H]2C=C[C@H](C)C12. The van der Waals surface area contributed by atoms with Crippen molar-refractivity contribution in [3.05, 3.63) is 12.2 Å². The van der Waals surface area contributed by atoms with Crippen LogP contribution in [0.25, 0.3) is 0 Å². The maximum atomic E-state index is 5.75. The summed E-state index contributed by atoms with van der Waals surface area (Å²) in [4.78, 5) is 0. The van der Waals surface area contributed by atoms with Crippen LogP contribution in [-0.4, -0.2) is 12.7 Å². The topological polar surface area (TPSA) is 9.23 Å². The molecule has 12 heavy (non-hydrogen) atoms. The molecule has 1 nitrogen and oxygen atoms in total. The molecule has 0 bridgehead atoms. The Morgan fingerprint density at radius 2 is 2.17 bits per heavy atom. The quantitative estimate of drug-likeness (QED) is 0.573. The molecule has 0 aromatic heterocycles. The number of fused-ring (bicyclic) bond motifs is 1. The van der Waals surface area contributed by atoms with Gasteiger partial charge in [0, 0.05) is 6.61 Å². The lowest BCUT2D eigenvalue weighted by Gasteiger charge is -2.22. The molecule has 4 atom stereocenters. The lowest BCUT2D eigenvalue weighted by Crippen LogP contribution is -2.24. The molecule has 2 aliphatic rings. The predicted molar refractivity (Wildman–Crippen MR) is 49.9 cm³/mol. The lowest BCUT2D eigenvalue weighted by atomic mass is 9.90. The summed E-state index contributed by atoms with van der Waals surface area (Å²) in [5.41, 5.74) is 0. The molecule has 2 aliphatic carbocycles. The molecule has 0 spiro atoms. The molecular weight excluding hydrogens is 148 g/mol. The fourth-order valence-corrected chi connectivity index (χ4v) is 2.83. The first-order chi connectivity index (χ1) is 5.83. The van der Waals surface area contributed by atoms with Gasteiger partial charge in [-0.3, -0.25) is 0 Å². The van der Waals surface area contributed by atoms with Gasteiger partial charge >= 0.3 is 0 Å². The van der Waals surface area contributed by atoms with Crippen LogP contribution >= 0.6 is 0 Å². The van der Waals surface area contributed by atoms with Gasteiger partial charge < -0.3 is 4.74 Å². The highest BCUT2D eigenvalue weighted by Crippen LogP contribution is 2.44. The van der Waals surface area contributed by atoms with Gasteiger partial charge in [-0.25, -0.2) is 0 Å². The van der Waals surface area contributed by atoms with Gasteiger partial charge in [0.15, 0.2) is 0 Å². The van der Waals surface area contributed by atoms with Crippen molar-refractivity contribution in [2.24, 2.45) is 17.8 Å². The normalized spacial score (nSPS) is 45.2. The molecule has 0 heterocycles. The Kier molecular flexibility index (Phi) is 2.22. The minimum atomic E-state index is 0.546. The van der Waals surface area contributed by atoms with Crippen LogP contribution in [0.1, 0.15) is 26.7 Å². The third-order valence-electron chi connectivity index (χ3n) is 3.36. The fraction of sp³-hybridized carbons (Fsp3) is 0.818. The van der Waals surface area contributed by atoms with Gasteiger partial charge in [-0.1, -0.05) is 19.1 Å². The number of ether oxygens (including phenoxy) is 1. The van der Waals surface area contributed by atoms with Crippen molar-refractivity contribution < 1.29 is 4.74 Å². The average Bonchev–Trinajstić information content (AvgIpc) is 2.58. The van der Waals surface area contributed by atoms with E-state index < -0.39 is 0 Å². The molecule has 1 fully saturated rings. The Bertz CT molecular complexity index is 185. The lowest BCUT2D eigenvalue weighted by molar-refractivity contribution is 0.0233. The average molecular weight is 166 g/mol. The summed E-state index contributed by atoms with van der Waals surface area (Å²) in [5.74, 6) is 2.37. The number of rotatable bonds is 2. The van der Waals surface area contributed by atoms with E-state index in [9.17, 15) is 0 Å². The Hall–Kier alpha value is -0.300. The Labute approximate surface area is 74.8 Å². The van der Waals surface area contributed by atoms with Crippen LogP contribution in [-0.2, 0) is 4.74 Å². The molecule has 0 radical (unpaired) electrons. The van der Waals surface area contributed by atoms with Crippen molar-refractivity contribution in [3.8, 4) is 0 Å². The summed E-state index contributed by atoms with van der Waals surface area (Å²) in [5, 5.41) is 0. The predicted octanol–water partition coefficient (Wildman–Crippen LogP) is 2.62. The van der Waals surface area contributed by atoms with Gasteiger partial charge in [0.1, 0.15) is 0 Å². The van der Waals surface area contributed by atoms with Crippen molar-refractivity contribution in [2.45, 2.75) is 32.8 Å². The zero-order valence-electron chi connectivity index (χ0n) is 7.99. The molecule has 0 aromatic carbocycles. The van der Waals surface area contributed by atoms with Gasteiger partial charge in [0.2, 0.25) is 0 Å². The van der Waals surface area contributed by atoms with E-state index in [0.29, 0.717) is 6.10 Å². The molecule has 1 heteroatoms. The smallest absolute Gasteiger partial charge is 0.0614 e. The van der Waals surface area contributed by atoms with E-state index in [1.807, 2.05) is 0 Å². The molecule has 1 saturated carbocycles. The number of hydrogen-bond acceptors (Lipinski definition) is 1. The Morgan fingerprint density at radius 3 is 2.92 bits per heavy atom. The Morgan fingerprint density at radius 1 is 1.33 bits per heavy atom. The summed E-state index contributed by atoms with van der Waals surface area (Å²) in [7, 11) is 0. The molecule has 0 N–H and O–H groups in total. The molecule has 68 valence electrons. The van der Waals surface area contributed by atoms with E-state index in [1.54, 1.807) is 0 Å². The van der Waals surface area contributed by atoms with Crippen LogP contribution in [0.3, 0.4) is 0 Å². The van der Waals surface area contributed by atoms with Gasteiger partial charge in [-0.05, 0) is 37.5 Å². The maximum absolute atomic E-state index is 5.75. The second kappa shape index (κ2) is 3.21.